The third kappa shape index (κ3) is 6.98. The van der Waals surface area contributed by atoms with Crippen molar-refractivity contribution in [2.45, 2.75) is 13.3 Å². The van der Waals surface area contributed by atoms with Crippen molar-refractivity contribution in [3.63, 3.8) is 0 Å². The van der Waals surface area contributed by atoms with Gasteiger partial charge in [0.1, 0.15) is 5.75 Å². The molecule has 0 bridgehead atoms. The van der Waals surface area contributed by atoms with Gasteiger partial charge in [0.25, 0.3) is 5.91 Å². The second-order valence-electron chi connectivity index (χ2n) is 7.16. The molecular weight excluding hydrogens is 469 g/mol. The average molecular weight is 488 g/mol. The maximum absolute atomic E-state index is 12.5. The highest BCUT2D eigenvalue weighted by Crippen LogP contribution is 2.24. The van der Waals surface area contributed by atoms with Crippen molar-refractivity contribution in [1.82, 2.24) is 9.88 Å². The summed E-state index contributed by atoms with van der Waals surface area (Å²) < 4.78 is 41.1. The Morgan fingerprint density at radius 2 is 1.85 bits per heavy atom. The molecule has 0 saturated heterocycles. The van der Waals surface area contributed by atoms with E-state index in [9.17, 15) is 22.8 Å². The molecule has 0 radical (unpaired) electrons. The average Bonchev–Trinajstić information content (AvgIpc) is 3.20. The highest BCUT2D eigenvalue weighted by molar-refractivity contribution is 7.16. The van der Waals surface area contributed by atoms with Crippen LogP contribution in [0.25, 0.3) is 0 Å². The van der Waals surface area contributed by atoms with Crippen molar-refractivity contribution in [3.8, 4) is 17.6 Å². The number of thiazole rings is 1. The number of nitrogens with one attached hydrogen (secondary N) is 2. The molecule has 11 heteroatoms. The van der Waals surface area contributed by atoms with Crippen LogP contribution >= 0.6 is 11.3 Å². The molecule has 0 atom stereocenters. The van der Waals surface area contributed by atoms with Gasteiger partial charge in [-0.25, -0.2) is 9.78 Å². The number of rotatable bonds is 4. The van der Waals surface area contributed by atoms with Crippen LogP contribution in [0.4, 0.5) is 28.8 Å². The molecule has 2 aromatic carbocycles. The van der Waals surface area contributed by atoms with Crippen LogP contribution in [0.15, 0.2) is 48.7 Å². The SMILES string of the molecule is Cc1ccc(NC(=O)c2cccc(OC(F)(F)F)c2)cc1C#Cc1cnc(NC(=O)N(C)C)s1. The van der Waals surface area contributed by atoms with Gasteiger partial charge in [0, 0.05) is 30.9 Å². The van der Waals surface area contributed by atoms with Crippen molar-refractivity contribution in [3.05, 3.63) is 70.2 Å². The Balaban J connectivity index is 1.73. The lowest BCUT2D eigenvalue weighted by Crippen LogP contribution is -2.27. The van der Waals surface area contributed by atoms with Crippen molar-refractivity contribution >= 4 is 34.1 Å². The minimum atomic E-state index is -4.85. The number of nitrogens with zero attached hydrogens (tertiary/aromatic N) is 2. The summed E-state index contributed by atoms with van der Waals surface area (Å²) >= 11 is 1.22. The number of anilines is 2. The van der Waals surface area contributed by atoms with Gasteiger partial charge in [-0.15, -0.1) is 13.2 Å². The van der Waals surface area contributed by atoms with E-state index in [1.165, 1.54) is 28.4 Å². The van der Waals surface area contributed by atoms with Crippen LogP contribution in [0, 0.1) is 18.8 Å². The fourth-order valence-electron chi connectivity index (χ4n) is 2.59. The van der Waals surface area contributed by atoms with Gasteiger partial charge in [0.05, 0.1) is 11.1 Å². The van der Waals surface area contributed by atoms with Gasteiger partial charge in [-0.2, -0.15) is 0 Å². The van der Waals surface area contributed by atoms with Crippen LogP contribution < -0.4 is 15.4 Å². The molecular formula is C23H19F3N4O3S. The number of hydrogen-bond donors (Lipinski definition) is 2. The lowest BCUT2D eigenvalue weighted by molar-refractivity contribution is -0.274. The molecule has 7 nitrogen and oxygen atoms in total. The summed E-state index contributed by atoms with van der Waals surface area (Å²) in [6.07, 6.45) is -3.31. The molecule has 0 aliphatic heterocycles. The van der Waals surface area contributed by atoms with Crippen LogP contribution in [-0.4, -0.2) is 42.3 Å². The second kappa shape index (κ2) is 10.3. The van der Waals surface area contributed by atoms with Gasteiger partial charge in [-0.05, 0) is 48.7 Å². The number of aryl methyl sites for hydroxylation is 1. The lowest BCUT2D eigenvalue weighted by atomic mass is 10.1. The predicted octanol–water partition coefficient (Wildman–Crippen LogP) is 5.10. The zero-order valence-corrected chi connectivity index (χ0v) is 19.1. The Labute approximate surface area is 197 Å². The predicted molar refractivity (Wildman–Crippen MR) is 123 cm³/mol. The van der Waals surface area contributed by atoms with E-state index in [0.717, 1.165) is 17.7 Å². The number of urea groups is 1. The minimum Gasteiger partial charge on any atom is -0.406 e. The van der Waals surface area contributed by atoms with E-state index >= 15 is 0 Å². The second-order valence-corrected chi connectivity index (χ2v) is 8.19. The van der Waals surface area contributed by atoms with Gasteiger partial charge in [0.15, 0.2) is 5.13 Å². The Hall–Kier alpha value is -4.04. The number of halogens is 3. The molecule has 0 saturated carbocycles. The third-order valence-corrected chi connectivity index (χ3v) is 5.10. The molecule has 3 rings (SSSR count). The number of alkyl halides is 3. The molecule has 0 unspecified atom stereocenters. The normalized spacial score (nSPS) is 10.6. The van der Waals surface area contributed by atoms with Gasteiger partial charge in [-0.3, -0.25) is 10.1 Å². The van der Waals surface area contributed by atoms with Crippen LogP contribution in [0.1, 0.15) is 26.4 Å². The van der Waals surface area contributed by atoms with E-state index in [2.05, 4.69) is 32.2 Å². The third-order valence-electron chi connectivity index (χ3n) is 4.27. The van der Waals surface area contributed by atoms with Crippen molar-refractivity contribution < 1.29 is 27.5 Å². The fourth-order valence-corrected chi connectivity index (χ4v) is 3.25. The van der Waals surface area contributed by atoms with Crippen molar-refractivity contribution in [1.29, 1.82) is 0 Å². The molecule has 0 aliphatic rings. The van der Waals surface area contributed by atoms with Crippen LogP contribution in [0.2, 0.25) is 0 Å². The van der Waals surface area contributed by atoms with Gasteiger partial charge >= 0.3 is 12.4 Å². The zero-order chi connectivity index (χ0) is 24.9. The van der Waals surface area contributed by atoms with E-state index in [-0.39, 0.29) is 11.6 Å². The van der Waals surface area contributed by atoms with E-state index in [4.69, 9.17) is 0 Å². The smallest absolute Gasteiger partial charge is 0.406 e. The maximum Gasteiger partial charge on any atom is 0.573 e. The summed E-state index contributed by atoms with van der Waals surface area (Å²) in [5, 5.41) is 5.70. The van der Waals surface area contributed by atoms with Crippen molar-refractivity contribution in [2.75, 3.05) is 24.7 Å². The number of carbonyl (C=O) groups is 2. The summed E-state index contributed by atoms with van der Waals surface area (Å²) in [4.78, 5) is 30.4. The summed E-state index contributed by atoms with van der Waals surface area (Å²) in [6.45, 7) is 1.85. The Bertz CT molecular complexity index is 1280. The van der Waals surface area contributed by atoms with Crippen LogP contribution in [-0.2, 0) is 0 Å². The van der Waals surface area contributed by atoms with E-state index in [0.29, 0.717) is 21.3 Å². The summed E-state index contributed by atoms with van der Waals surface area (Å²) in [5.74, 6) is 4.90. The van der Waals surface area contributed by atoms with E-state index in [1.807, 2.05) is 6.92 Å². The molecule has 34 heavy (non-hydrogen) atoms. The summed E-state index contributed by atoms with van der Waals surface area (Å²) in [7, 11) is 3.23. The zero-order valence-electron chi connectivity index (χ0n) is 18.3. The van der Waals surface area contributed by atoms with Gasteiger partial charge in [0.2, 0.25) is 0 Å². The molecule has 1 heterocycles. The Morgan fingerprint density at radius 3 is 2.56 bits per heavy atom. The first-order valence-corrected chi connectivity index (χ1v) is 10.6. The minimum absolute atomic E-state index is 0.00641. The van der Waals surface area contributed by atoms with Crippen LogP contribution in [0.5, 0.6) is 5.75 Å². The molecule has 1 aromatic heterocycles. The molecule has 0 spiro atoms. The number of aromatic nitrogens is 1. The summed E-state index contributed by atoms with van der Waals surface area (Å²) in [5.41, 5.74) is 1.92. The standard InChI is InChI=1S/C23H19F3N4O3S/c1-14-7-9-17(28-20(31)16-5-4-6-18(12-16)33-23(24,25)26)11-15(14)8-10-19-13-27-21(34-19)29-22(32)30(2)3/h4-7,9,11-13H,1-3H3,(H,28,31)(H,27,29,32). The molecule has 0 aliphatic carbocycles. The molecule has 176 valence electrons. The van der Waals surface area contributed by atoms with Gasteiger partial charge in [-0.1, -0.05) is 29.4 Å². The van der Waals surface area contributed by atoms with Gasteiger partial charge < -0.3 is 15.0 Å². The first kappa shape index (κ1) is 24.6. The number of amides is 3. The van der Waals surface area contributed by atoms with E-state index < -0.39 is 18.0 Å². The highest BCUT2D eigenvalue weighted by Gasteiger charge is 2.31. The van der Waals surface area contributed by atoms with Crippen LogP contribution in [0.3, 0.4) is 0 Å². The first-order valence-electron chi connectivity index (χ1n) is 9.74. The quantitative estimate of drug-likeness (QED) is 0.501. The largest absolute Gasteiger partial charge is 0.573 e. The molecule has 2 N–H and O–H groups in total. The maximum atomic E-state index is 12.5. The van der Waals surface area contributed by atoms with E-state index in [1.54, 1.807) is 38.5 Å². The highest BCUT2D eigenvalue weighted by atomic mass is 32.1. The first-order chi connectivity index (χ1) is 16.0. The lowest BCUT2D eigenvalue weighted by Gasteiger charge is -2.11. The molecule has 3 amide bonds. The number of carbonyl (C=O) groups excluding carboxylic acids is 2. The Kier molecular flexibility index (Phi) is 7.43. The van der Waals surface area contributed by atoms with Crippen molar-refractivity contribution in [2.24, 2.45) is 0 Å². The molecule has 3 aromatic rings. The number of benzene rings is 2. The summed E-state index contributed by atoms with van der Waals surface area (Å²) in [6, 6.07) is 9.58. The Morgan fingerprint density at radius 1 is 1.09 bits per heavy atom. The topological polar surface area (TPSA) is 83.6 Å². The molecule has 0 fully saturated rings. The monoisotopic (exact) mass is 488 g/mol. The fraction of sp³-hybridized carbons (Fsp3) is 0.174. The number of hydrogen-bond acceptors (Lipinski definition) is 5. The number of ether oxygens (including phenoxy) is 1.